The summed E-state index contributed by atoms with van der Waals surface area (Å²) in [6, 6.07) is 9.50. The molecular formula is C13H15N5O2. The van der Waals surface area contributed by atoms with Gasteiger partial charge in [-0.05, 0) is 28.8 Å². The Hall–Kier alpha value is -2.44. The molecule has 2 heterocycles. The zero-order valence-corrected chi connectivity index (χ0v) is 10.9. The van der Waals surface area contributed by atoms with Gasteiger partial charge >= 0.3 is 6.09 Å². The molecule has 0 bridgehead atoms. The predicted octanol–water partition coefficient (Wildman–Crippen LogP) is 1.67. The zero-order valence-electron chi connectivity index (χ0n) is 10.9. The lowest BCUT2D eigenvalue weighted by Gasteiger charge is -2.21. The van der Waals surface area contributed by atoms with E-state index in [0.29, 0.717) is 12.4 Å². The van der Waals surface area contributed by atoms with Crippen molar-refractivity contribution in [2.24, 2.45) is 0 Å². The fourth-order valence-electron chi connectivity index (χ4n) is 2.38. The number of rotatable bonds is 3. The fraction of sp³-hybridized carbons (Fsp3) is 0.385. The first kappa shape index (κ1) is 12.6. The van der Waals surface area contributed by atoms with Gasteiger partial charge in [-0.3, -0.25) is 4.90 Å². The fourth-order valence-corrected chi connectivity index (χ4v) is 2.38. The number of aromatic nitrogens is 4. The second kappa shape index (κ2) is 5.68. The minimum Gasteiger partial charge on any atom is -0.445 e. The van der Waals surface area contributed by atoms with Crippen LogP contribution in [-0.4, -0.2) is 38.2 Å². The number of hydrogen-bond donors (Lipinski definition) is 1. The van der Waals surface area contributed by atoms with Gasteiger partial charge in [0, 0.05) is 6.54 Å². The Morgan fingerprint density at radius 1 is 1.40 bits per heavy atom. The van der Waals surface area contributed by atoms with E-state index in [1.165, 1.54) is 0 Å². The number of ether oxygens (including phenoxy) is 1. The molecule has 1 atom stereocenters. The van der Waals surface area contributed by atoms with Gasteiger partial charge in [0.15, 0.2) is 5.82 Å². The Morgan fingerprint density at radius 3 is 3.00 bits per heavy atom. The molecule has 20 heavy (non-hydrogen) atoms. The van der Waals surface area contributed by atoms with Crippen molar-refractivity contribution >= 4 is 6.09 Å². The number of benzene rings is 1. The number of likely N-dealkylation sites (tertiary alicyclic amines) is 1. The molecule has 1 aromatic carbocycles. The second-order valence-corrected chi connectivity index (χ2v) is 4.68. The van der Waals surface area contributed by atoms with Gasteiger partial charge in [-0.25, -0.2) is 9.89 Å². The smallest absolute Gasteiger partial charge is 0.410 e. The molecule has 7 nitrogen and oxygen atoms in total. The summed E-state index contributed by atoms with van der Waals surface area (Å²) in [5.41, 5.74) is 0.970. The van der Waals surface area contributed by atoms with E-state index < -0.39 is 0 Å². The molecule has 0 aliphatic carbocycles. The van der Waals surface area contributed by atoms with Crippen LogP contribution in [-0.2, 0) is 11.3 Å². The topological polar surface area (TPSA) is 84.0 Å². The molecular weight excluding hydrogens is 258 g/mol. The molecule has 104 valence electrons. The van der Waals surface area contributed by atoms with Gasteiger partial charge in [-0.15, -0.1) is 5.10 Å². The van der Waals surface area contributed by atoms with Crippen molar-refractivity contribution in [3.63, 3.8) is 0 Å². The first-order chi connectivity index (χ1) is 9.84. The maximum Gasteiger partial charge on any atom is 0.410 e. The number of nitrogens with one attached hydrogen (secondary N) is 1. The van der Waals surface area contributed by atoms with Gasteiger partial charge in [-0.2, -0.15) is 0 Å². The third-order valence-corrected chi connectivity index (χ3v) is 3.37. The molecule has 2 aromatic rings. The van der Waals surface area contributed by atoms with Gasteiger partial charge in [0.05, 0.1) is 6.04 Å². The van der Waals surface area contributed by atoms with Gasteiger partial charge in [0.2, 0.25) is 0 Å². The maximum atomic E-state index is 12.1. The molecule has 1 saturated heterocycles. The Labute approximate surface area is 115 Å². The molecule has 0 saturated carbocycles. The van der Waals surface area contributed by atoms with Crippen molar-refractivity contribution in [2.45, 2.75) is 25.5 Å². The van der Waals surface area contributed by atoms with Crippen LogP contribution in [0.3, 0.4) is 0 Å². The standard InChI is InChI=1S/C13H15N5O2/c19-13(20-9-10-5-2-1-3-6-10)18-8-4-7-11(18)12-14-16-17-15-12/h1-3,5-6,11H,4,7-9H2,(H,14,15,16,17)/t11-/m0/s1. The average Bonchev–Trinajstić information content (AvgIpc) is 3.15. The minimum atomic E-state index is -0.326. The predicted molar refractivity (Wildman–Crippen MR) is 69.5 cm³/mol. The summed E-state index contributed by atoms with van der Waals surface area (Å²) in [7, 11) is 0. The lowest BCUT2D eigenvalue weighted by Crippen LogP contribution is -2.31. The summed E-state index contributed by atoms with van der Waals surface area (Å²) in [6.45, 7) is 0.941. The molecule has 0 unspecified atom stereocenters. The van der Waals surface area contributed by atoms with E-state index in [9.17, 15) is 4.79 Å². The molecule has 1 amide bonds. The Kier molecular flexibility index (Phi) is 3.58. The van der Waals surface area contributed by atoms with Crippen LogP contribution < -0.4 is 0 Å². The number of amides is 1. The van der Waals surface area contributed by atoms with Crippen molar-refractivity contribution in [3.8, 4) is 0 Å². The summed E-state index contributed by atoms with van der Waals surface area (Å²) in [5.74, 6) is 0.610. The monoisotopic (exact) mass is 273 g/mol. The Balaban J connectivity index is 1.62. The number of nitrogens with zero attached hydrogens (tertiary/aromatic N) is 4. The molecule has 0 spiro atoms. The van der Waals surface area contributed by atoms with Gasteiger partial charge < -0.3 is 4.74 Å². The number of H-pyrrole nitrogens is 1. The lowest BCUT2D eigenvalue weighted by atomic mass is 10.2. The van der Waals surface area contributed by atoms with Crippen molar-refractivity contribution in [1.29, 1.82) is 0 Å². The molecule has 1 aromatic heterocycles. The van der Waals surface area contributed by atoms with Gasteiger partial charge in [-0.1, -0.05) is 30.3 Å². The first-order valence-corrected chi connectivity index (χ1v) is 6.55. The van der Waals surface area contributed by atoms with Crippen LogP contribution in [0.4, 0.5) is 4.79 Å². The van der Waals surface area contributed by atoms with Gasteiger partial charge in [0.25, 0.3) is 0 Å². The first-order valence-electron chi connectivity index (χ1n) is 6.55. The highest BCUT2D eigenvalue weighted by Crippen LogP contribution is 2.29. The lowest BCUT2D eigenvalue weighted by molar-refractivity contribution is 0.0908. The van der Waals surface area contributed by atoms with Crippen LogP contribution in [0.1, 0.15) is 30.3 Å². The Bertz CT molecular complexity index is 557. The van der Waals surface area contributed by atoms with E-state index in [-0.39, 0.29) is 18.7 Å². The van der Waals surface area contributed by atoms with Crippen molar-refractivity contribution < 1.29 is 9.53 Å². The molecule has 7 heteroatoms. The van der Waals surface area contributed by atoms with Crippen molar-refractivity contribution in [2.75, 3.05) is 6.54 Å². The normalized spacial score (nSPS) is 18.2. The number of tetrazole rings is 1. The summed E-state index contributed by atoms with van der Waals surface area (Å²) < 4.78 is 5.34. The molecule has 1 fully saturated rings. The summed E-state index contributed by atoms with van der Waals surface area (Å²) in [6.07, 6.45) is 1.44. The van der Waals surface area contributed by atoms with E-state index in [2.05, 4.69) is 20.6 Å². The number of carbonyl (C=O) groups is 1. The molecule has 1 aliphatic rings. The van der Waals surface area contributed by atoms with Crippen molar-refractivity contribution in [1.82, 2.24) is 25.5 Å². The SMILES string of the molecule is O=C(OCc1ccccc1)N1CCC[C@H]1c1nnn[nH]1. The quantitative estimate of drug-likeness (QED) is 0.919. The summed E-state index contributed by atoms with van der Waals surface area (Å²) in [4.78, 5) is 13.8. The van der Waals surface area contributed by atoms with Gasteiger partial charge in [0.1, 0.15) is 6.61 Å². The van der Waals surface area contributed by atoms with E-state index >= 15 is 0 Å². The number of aromatic amines is 1. The largest absolute Gasteiger partial charge is 0.445 e. The molecule has 1 N–H and O–H groups in total. The molecule has 3 rings (SSSR count). The van der Waals surface area contributed by atoms with E-state index in [0.717, 1.165) is 18.4 Å². The highest BCUT2D eigenvalue weighted by atomic mass is 16.6. The number of carbonyl (C=O) groups excluding carboxylic acids is 1. The molecule has 0 radical (unpaired) electrons. The van der Waals surface area contributed by atoms with Crippen LogP contribution >= 0.6 is 0 Å². The van der Waals surface area contributed by atoms with Crippen LogP contribution in [0.15, 0.2) is 30.3 Å². The number of hydrogen-bond acceptors (Lipinski definition) is 5. The van der Waals surface area contributed by atoms with Crippen LogP contribution in [0.2, 0.25) is 0 Å². The second-order valence-electron chi connectivity index (χ2n) is 4.68. The van der Waals surface area contributed by atoms with E-state index in [1.54, 1.807) is 4.90 Å². The zero-order chi connectivity index (χ0) is 13.8. The third kappa shape index (κ3) is 2.61. The van der Waals surface area contributed by atoms with E-state index in [4.69, 9.17) is 4.74 Å². The average molecular weight is 273 g/mol. The van der Waals surface area contributed by atoms with Crippen molar-refractivity contribution in [3.05, 3.63) is 41.7 Å². The van der Waals surface area contributed by atoms with Crippen LogP contribution in [0.5, 0.6) is 0 Å². The Morgan fingerprint density at radius 2 is 2.25 bits per heavy atom. The third-order valence-electron chi connectivity index (χ3n) is 3.37. The maximum absolute atomic E-state index is 12.1. The summed E-state index contributed by atoms with van der Waals surface area (Å²) >= 11 is 0. The van der Waals surface area contributed by atoms with Crippen LogP contribution in [0, 0.1) is 0 Å². The minimum absolute atomic E-state index is 0.117. The van der Waals surface area contributed by atoms with Crippen LogP contribution in [0.25, 0.3) is 0 Å². The highest BCUT2D eigenvalue weighted by molar-refractivity contribution is 5.68. The highest BCUT2D eigenvalue weighted by Gasteiger charge is 2.33. The summed E-state index contributed by atoms with van der Waals surface area (Å²) in [5, 5.41) is 13.7. The molecule has 1 aliphatic heterocycles. The van der Waals surface area contributed by atoms with E-state index in [1.807, 2.05) is 30.3 Å².